The highest BCUT2D eigenvalue weighted by molar-refractivity contribution is 7.99. The Kier molecular flexibility index (Phi) is 14.8. The van der Waals surface area contributed by atoms with Crippen LogP contribution in [0.15, 0.2) is 90.6 Å². The van der Waals surface area contributed by atoms with Crippen LogP contribution in [0.5, 0.6) is 5.75 Å². The highest BCUT2D eigenvalue weighted by Crippen LogP contribution is 2.39. The number of fused-ring (bicyclic) bond motifs is 2. The minimum absolute atomic E-state index is 0.130. The Balaban J connectivity index is 0.852. The molecule has 2 aliphatic heterocycles. The van der Waals surface area contributed by atoms with Gasteiger partial charge in [-0.3, -0.25) is 24.5 Å². The average molecular weight is 872 g/mol. The molecule has 7 rings (SSSR count). The second-order valence-corrected chi connectivity index (χ2v) is 17.3. The highest BCUT2D eigenvalue weighted by Gasteiger charge is 2.39. The van der Waals surface area contributed by atoms with E-state index < -0.39 is 6.04 Å². The number of ether oxygens (including phenoxy) is 1. The smallest absolute Gasteiger partial charge is 0.255 e. The van der Waals surface area contributed by atoms with Crippen LogP contribution in [-0.2, 0) is 28.0 Å². The minimum Gasteiger partial charge on any atom is -0.494 e. The monoisotopic (exact) mass is 871 g/mol. The Labute approximate surface area is 373 Å². The number of nitrogens with one attached hydrogen (secondary N) is 3. The fourth-order valence-electron chi connectivity index (χ4n) is 8.29. The number of aromatic nitrogens is 3. The van der Waals surface area contributed by atoms with Crippen LogP contribution in [0.2, 0.25) is 0 Å². The summed E-state index contributed by atoms with van der Waals surface area (Å²) >= 11 is 1.78. The molecule has 15 heteroatoms. The van der Waals surface area contributed by atoms with E-state index in [1.54, 1.807) is 30.0 Å². The Morgan fingerprint density at radius 1 is 0.968 bits per heavy atom. The largest absolute Gasteiger partial charge is 0.494 e. The van der Waals surface area contributed by atoms with E-state index in [0.717, 1.165) is 89.4 Å². The molecule has 0 radical (unpaired) electrons. The molecule has 63 heavy (non-hydrogen) atoms. The molecule has 0 spiro atoms. The van der Waals surface area contributed by atoms with Gasteiger partial charge < -0.3 is 34.6 Å². The standard InChI is InChI=1S/C48H57N9O5S/c1-6-44(58)50-37-28-38(52-48-49-23-22-36(51-48)34-30-56(4)39-18-12-11-16-32(34)39)42(62-5)29-41(37)55(3)26-25-54(2)24-13-9-7-8-10-14-27-63-43-19-15-17-33-35(43)31-57(47(33)61)40-20-21-45(59)53-46(40)60/h6,11-12,15-19,22-23,28-30,40H,1,7-10,13-14,20-21,24-27,31H2,2-5H3,(H,50,58)(H,49,51,52)(H,53,59,60). The molecule has 4 amide bonds. The molecule has 0 aliphatic carbocycles. The third kappa shape index (κ3) is 10.7. The molecule has 5 aromatic rings. The van der Waals surface area contributed by atoms with Gasteiger partial charge in [0.1, 0.15) is 11.8 Å². The predicted molar refractivity (Wildman–Crippen MR) is 251 cm³/mol. The number of likely N-dealkylation sites (N-methyl/N-ethyl adjacent to an activating group) is 2. The molecule has 2 aromatic heterocycles. The number of nitrogens with zero attached hydrogens (tertiary/aromatic N) is 6. The summed E-state index contributed by atoms with van der Waals surface area (Å²) in [7, 11) is 7.79. The Bertz CT molecular complexity index is 2490. The topological polar surface area (TPSA) is 154 Å². The van der Waals surface area contributed by atoms with Gasteiger partial charge >= 0.3 is 0 Å². The van der Waals surface area contributed by atoms with E-state index in [1.165, 1.54) is 18.9 Å². The summed E-state index contributed by atoms with van der Waals surface area (Å²) in [5.74, 6) is 0.843. The Morgan fingerprint density at radius 2 is 1.76 bits per heavy atom. The number of methoxy groups -OCH3 is 1. The van der Waals surface area contributed by atoms with E-state index in [-0.39, 0.29) is 30.0 Å². The van der Waals surface area contributed by atoms with E-state index in [2.05, 4.69) is 73.3 Å². The van der Waals surface area contributed by atoms with Gasteiger partial charge in [-0.25, -0.2) is 9.97 Å². The second kappa shape index (κ2) is 20.8. The lowest BCUT2D eigenvalue weighted by atomic mass is 10.0. The maximum absolute atomic E-state index is 13.2. The van der Waals surface area contributed by atoms with Crippen molar-refractivity contribution in [1.29, 1.82) is 0 Å². The van der Waals surface area contributed by atoms with Gasteiger partial charge in [0.05, 0.1) is 29.9 Å². The molecule has 4 heterocycles. The van der Waals surface area contributed by atoms with Crippen molar-refractivity contribution in [3.63, 3.8) is 0 Å². The van der Waals surface area contributed by atoms with Crippen molar-refractivity contribution in [2.75, 3.05) is 62.1 Å². The van der Waals surface area contributed by atoms with Crippen molar-refractivity contribution in [2.24, 2.45) is 7.05 Å². The van der Waals surface area contributed by atoms with E-state index in [1.807, 2.05) is 56.6 Å². The van der Waals surface area contributed by atoms with Gasteiger partial charge in [-0.15, -0.1) is 11.8 Å². The van der Waals surface area contributed by atoms with E-state index in [9.17, 15) is 19.2 Å². The van der Waals surface area contributed by atoms with Crippen molar-refractivity contribution >= 4 is 69.3 Å². The van der Waals surface area contributed by atoms with Crippen LogP contribution in [-0.4, -0.2) is 101 Å². The molecule has 0 saturated carbocycles. The van der Waals surface area contributed by atoms with E-state index in [0.29, 0.717) is 41.6 Å². The van der Waals surface area contributed by atoms with Crippen molar-refractivity contribution in [2.45, 2.75) is 68.8 Å². The lowest BCUT2D eigenvalue weighted by Crippen LogP contribution is -2.52. The molecule has 3 aromatic carbocycles. The number of piperidine rings is 1. The summed E-state index contributed by atoms with van der Waals surface area (Å²) < 4.78 is 7.93. The lowest BCUT2D eigenvalue weighted by molar-refractivity contribution is -0.137. The number of carbonyl (C=O) groups excluding carboxylic acids is 4. The quantitative estimate of drug-likeness (QED) is 0.0287. The molecule has 2 aliphatic rings. The maximum atomic E-state index is 13.2. The fourth-order valence-corrected chi connectivity index (χ4v) is 9.38. The van der Waals surface area contributed by atoms with Gasteiger partial charge in [0.15, 0.2) is 0 Å². The van der Waals surface area contributed by atoms with E-state index >= 15 is 0 Å². The highest BCUT2D eigenvalue weighted by atomic mass is 32.2. The molecular formula is C48H57N9O5S. The number of rotatable bonds is 21. The number of hydrogen-bond acceptors (Lipinski definition) is 11. The van der Waals surface area contributed by atoms with Gasteiger partial charge in [0, 0.05) is 85.5 Å². The molecular weight excluding hydrogens is 815 g/mol. The summed E-state index contributed by atoms with van der Waals surface area (Å²) in [5.41, 5.74) is 6.58. The summed E-state index contributed by atoms with van der Waals surface area (Å²) in [5, 5.41) is 9.79. The number of hydrogen-bond donors (Lipinski definition) is 3. The molecule has 330 valence electrons. The summed E-state index contributed by atoms with van der Waals surface area (Å²) in [6.07, 6.45) is 12.5. The number of amides is 4. The second-order valence-electron chi connectivity index (χ2n) is 16.2. The number of aryl methyl sites for hydroxylation is 1. The summed E-state index contributed by atoms with van der Waals surface area (Å²) in [6.45, 7) is 6.61. The summed E-state index contributed by atoms with van der Waals surface area (Å²) in [6, 6.07) is 19.1. The van der Waals surface area contributed by atoms with Gasteiger partial charge in [0.25, 0.3) is 5.91 Å². The molecule has 1 saturated heterocycles. The molecule has 0 bridgehead atoms. The third-order valence-corrected chi connectivity index (χ3v) is 13.0. The SMILES string of the molecule is C=CC(=O)Nc1cc(Nc2nccc(-c3cn(C)c4ccccc34)n2)c(OC)cc1N(C)CCN(C)CCCCCCCCSc1cccc2c1CN(C1CCC(=O)NC1=O)C2=O. The van der Waals surface area contributed by atoms with Gasteiger partial charge in [-0.05, 0) is 80.6 Å². The first-order chi connectivity index (χ1) is 30.5. The number of para-hydroxylation sites is 1. The first-order valence-corrected chi connectivity index (χ1v) is 22.6. The van der Waals surface area contributed by atoms with Crippen LogP contribution in [0.1, 0.15) is 67.3 Å². The molecule has 1 fully saturated rings. The summed E-state index contributed by atoms with van der Waals surface area (Å²) in [4.78, 5) is 66.4. The Hall–Kier alpha value is -6.19. The first-order valence-electron chi connectivity index (χ1n) is 21.6. The van der Waals surface area contributed by atoms with Gasteiger partial charge in [-0.2, -0.15) is 0 Å². The zero-order chi connectivity index (χ0) is 44.5. The third-order valence-electron chi connectivity index (χ3n) is 11.8. The van der Waals surface area contributed by atoms with Gasteiger partial charge in [0.2, 0.25) is 23.7 Å². The number of thioether (sulfide) groups is 1. The minimum atomic E-state index is -0.598. The molecule has 1 unspecified atom stereocenters. The fraction of sp³-hybridized carbons (Fsp3) is 0.375. The van der Waals surface area contributed by atoms with Crippen LogP contribution in [0, 0.1) is 0 Å². The normalized spacial score (nSPS) is 14.8. The maximum Gasteiger partial charge on any atom is 0.255 e. The molecule has 1 atom stereocenters. The van der Waals surface area contributed by atoms with Crippen molar-refractivity contribution in [3.8, 4) is 17.0 Å². The first kappa shape index (κ1) is 44.9. The van der Waals surface area contributed by atoms with Crippen LogP contribution >= 0.6 is 11.8 Å². The van der Waals surface area contributed by atoms with Crippen LogP contribution < -0.4 is 25.6 Å². The number of unbranched alkanes of at least 4 members (excludes halogenated alkanes) is 5. The Morgan fingerprint density at radius 3 is 2.56 bits per heavy atom. The van der Waals surface area contributed by atoms with Gasteiger partial charge in [-0.1, -0.05) is 56.5 Å². The van der Waals surface area contributed by atoms with Crippen LogP contribution in [0.3, 0.4) is 0 Å². The zero-order valence-electron chi connectivity index (χ0n) is 36.6. The van der Waals surface area contributed by atoms with Crippen molar-refractivity contribution in [1.82, 2.24) is 29.7 Å². The number of carbonyl (C=O) groups is 4. The number of anilines is 4. The average Bonchev–Trinajstić information content (AvgIpc) is 3.81. The number of benzene rings is 3. The van der Waals surface area contributed by atoms with Crippen molar-refractivity contribution < 1.29 is 23.9 Å². The predicted octanol–water partition coefficient (Wildman–Crippen LogP) is 7.77. The molecule has 3 N–H and O–H groups in total. The number of imide groups is 1. The van der Waals surface area contributed by atoms with E-state index in [4.69, 9.17) is 9.72 Å². The molecule has 14 nitrogen and oxygen atoms in total. The van der Waals surface area contributed by atoms with Crippen molar-refractivity contribution in [3.05, 3.63) is 96.8 Å². The van der Waals surface area contributed by atoms with Crippen LogP contribution in [0.25, 0.3) is 22.2 Å². The lowest BCUT2D eigenvalue weighted by Gasteiger charge is -2.29. The van der Waals surface area contributed by atoms with Crippen LogP contribution in [0.4, 0.5) is 23.0 Å². The zero-order valence-corrected chi connectivity index (χ0v) is 37.4.